The molecule has 1 aromatic carbocycles. The van der Waals surface area contributed by atoms with E-state index in [1.807, 2.05) is 0 Å². The zero-order chi connectivity index (χ0) is 12.0. The fourth-order valence-electron chi connectivity index (χ4n) is 1.42. The predicted molar refractivity (Wildman–Crippen MR) is 66.7 cm³/mol. The maximum Gasteiger partial charge on any atom is 0.127 e. The topological polar surface area (TPSA) is 32.3 Å². The summed E-state index contributed by atoms with van der Waals surface area (Å²) in [4.78, 5) is 0. The van der Waals surface area contributed by atoms with E-state index in [2.05, 4.69) is 21.2 Å². The minimum atomic E-state index is -0.260. The van der Waals surface area contributed by atoms with Crippen LogP contribution in [0.25, 0.3) is 0 Å². The molecule has 0 saturated carbocycles. The van der Waals surface area contributed by atoms with Crippen molar-refractivity contribution in [3.05, 3.63) is 34.1 Å². The molecule has 90 valence electrons. The van der Waals surface area contributed by atoms with Gasteiger partial charge in [0.1, 0.15) is 5.82 Å². The summed E-state index contributed by atoms with van der Waals surface area (Å²) in [7, 11) is 0. The normalized spacial score (nSPS) is 12.8. The molecule has 0 radical (unpaired) electrons. The van der Waals surface area contributed by atoms with Crippen molar-refractivity contribution in [1.82, 2.24) is 5.32 Å². The Morgan fingerprint density at radius 1 is 1.50 bits per heavy atom. The van der Waals surface area contributed by atoms with Crippen molar-refractivity contribution in [2.45, 2.75) is 32.4 Å². The quantitative estimate of drug-likeness (QED) is 0.790. The fraction of sp³-hybridized carbons (Fsp3) is 0.500. The summed E-state index contributed by atoms with van der Waals surface area (Å²) in [6.07, 6.45) is 1.41. The molecule has 0 aliphatic carbocycles. The number of aliphatic hydroxyl groups excluding tert-OH is 1. The number of hydrogen-bond donors (Lipinski definition) is 2. The lowest BCUT2D eigenvalue weighted by Gasteiger charge is -2.07. The van der Waals surface area contributed by atoms with Crippen LogP contribution in [0.2, 0.25) is 0 Å². The van der Waals surface area contributed by atoms with Crippen molar-refractivity contribution in [2.75, 3.05) is 6.54 Å². The molecule has 0 spiro atoms. The van der Waals surface area contributed by atoms with Gasteiger partial charge in [-0.2, -0.15) is 0 Å². The maximum atomic E-state index is 13.3. The van der Waals surface area contributed by atoms with Crippen LogP contribution in [-0.2, 0) is 6.54 Å². The van der Waals surface area contributed by atoms with Gasteiger partial charge in [-0.25, -0.2) is 4.39 Å². The van der Waals surface area contributed by atoms with Crippen LogP contribution in [0.1, 0.15) is 25.3 Å². The lowest BCUT2D eigenvalue weighted by Crippen LogP contribution is -2.17. The Kier molecular flexibility index (Phi) is 5.95. The number of aliphatic hydroxyl groups is 1. The third-order valence-corrected chi connectivity index (χ3v) is 2.79. The number of rotatable bonds is 6. The van der Waals surface area contributed by atoms with Gasteiger partial charge in [0.25, 0.3) is 0 Å². The lowest BCUT2D eigenvalue weighted by molar-refractivity contribution is 0.181. The first kappa shape index (κ1) is 13.6. The van der Waals surface area contributed by atoms with Gasteiger partial charge in [-0.15, -0.1) is 0 Å². The monoisotopic (exact) mass is 289 g/mol. The van der Waals surface area contributed by atoms with Gasteiger partial charge in [-0.3, -0.25) is 0 Å². The summed E-state index contributed by atoms with van der Waals surface area (Å²) in [6.45, 7) is 3.08. The molecule has 2 N–H and O–H groups in total. The first-order valence-corrected chi connectivity index (χ1v) is 6.21. The maximum absolute atomic E-state index is 13.3. The third-order valence-electron chi connectivity index (χ3n) is 2.30. The van der Waals surface area contributed by atoms with Gasteiger partial charge in [-0.1, -0.05) is 15.9 Å². The van der Waals surface area contributed by atoms with Crippen LogP contribution in [-0.4, -0.2) is 17.8 Å². The van der Waals surface area contributed by atoms with Crippen LogP contribution in [0.5, 0.6) is 0 Å². The fourth-order valence-corrected chi connectivity index (χ4v) is 1.83. The van der Waals surface area contributed by atoms with E-state index < -0.39 is 0 Å². The minimum absolute atomic E-state index is 0.189. The molecule has 1 unspecified atom stereocenters. The van der Waals surface area contributed by atoms with E-state index in [9.17, 15) is 4.39 Å². The smallest absolute Gasteiger partial charge is 0.127 e. The molecule has 0 aromatic heterocycles. The Morgan fingerprint density at radius 2 is 2.25 bits per heavy atom. The molecule has 2 nitrogen and oxygen atoms in total. The van der Waals surface area contributed by atoms with E-state index >= 15 is 0 Å². The van der Waals surface area contributed by atoms with Crippen molar-refractivity contribution in [1.29, 1.82) is 0 Å². The predicted octanol–water partition coefficient (Wildman–Crippen LogP) is 2.84. The third kappa shape index (κ3) is 5.05. The van der Waals surface area contributed by atoms with Crippen molar-refractivity contribution in [3.8, 4) is 0 Å². The van der Waals surface area contributed by atoms with Crippen molar-refractivity contribution in [2.24, 2.45) is 0 Å². The second kappa shape index (κ2) is 6.99. The molecule has 0 amide bonds. The molecule has 0 aliphatic rings. The highest BCUT2D eigenvalue weighted by Crippen LogP contribution is 2.15. The minimum Gasteiger partial charge on any atom is -0.393 e. The highest BCUT2D eigenvalue weighted by Gasteiger charge is 2.02. The number of benzene rings is 1. The Morgan fingerprint density at radius 3 is 2.94 bits per heavy atom. The SMILES string of the molecule is CC(O)CCCNCc1cc(Br)ccc1F. The number of halogens is 2. The van der Waals surface area contributed by atoms with Gasteiger partial charge in [-0.05, 0) is 44.5 Å². The average Bonchev–Trinajstić information content (AvgIpc) is 2.22. The summed E-state index contributed by atoms with van der Waals surface area (Å²) in [5, 5.41) is 12.2. The molecule has 1 aromatic rings. The molecular weight excluding hydrogens is 273 g/mol. The van der Waals surface area contributed by atoms with Gasteiger partial charge in [0.2, 0.25) is 0 Å². The zero-order valence-electron chi connectivity index (χ0n) is 9.34. The van der Waals surface area contributed by atoms with Crippen LogP contribution >= 0.6 is 15.9 Å². The summed E-state index contributed by atoms with van der Waals surface area (Å²) < 4.78 is 14.2. The Balaban J connectivity index is 2.29. The highest BCUT2D eigenvalue weighted by atomic mass is 79.9. The number of hydrogen-bond acceptors (Lipinski definition) is 2. The van der Waals surface area contributed by atoms with Crippen LogP contribution in [0, 0.1) is 5.82 Å². The molecular formula is C12H17BrFNO. The lowest BCUT2D eigenvalue weighted by atomic mass is 10.2. The van der Waals surface area contributed by atoms with Gasteiger partial charge < -0.3 is 10.4 Å². The molecule has 4 heteroatoms. The van der Waals surface area contributed by atoms with Gasteiger partial charge in [0, 0.05) is 16.6 Å². The Hall–Kier alpha value is -0.450. The zero-order valence-corrected chi connectivity index (χ0v) is 10.9. The van der Waals surface area contributed by atoms with Crippen LogP contribution < -0.4 is 5.32 Å². The summed E-state index contributed by atoms with van der Waals surface area (Å²) in [5.74, 6) is -0.189. The van der Waals surface area contributed by atoms with Crippen LogP contribution in [0.15, 0.2) is 22.7 Å². The van der Waals surface area contributed by atoms with Gasteiger partial charge in [0.05, 0.1) is 6.10 Å². The summed E-state index contributed by atoms with van der Waals surface area (Å²) in [6, 6.07) is 4.92. The van der Waals surface area contributed by atoms with E-state index in [0.717, 1.165) is 23.9 Å². The van der Waals surface area contributed by atoms with Crippen LogP contribution in [0.4, 0.5) is 4.39 Å². The van der Waals surface area contributed by atoms with Gasteiger partial charge in [0.15, 0.2) is 0 Å². The first-order chi connectivity index (χ1) is 7.59. The van der Waals surface area contributed by atoms with Crippen molar-refractivity contribution in [3.63, 3.8) is 0 Å². The van der Waals surface area contributed by atoms with Crippen molar-refractivity contribution < 1.29 is 9.50 Å². The van der Waals surface area contributed by atoms with Crippen LogP contribution in [0.3, 0.4) is 0 Å². The summed E-state index contributed by atoms with van der Waals surface area (Å²) in [5.41, 5.74) is 0.659. The molecule has 0 aliphatic heterocycles. The van der Waals surface area contributed by atoms with Crippen molar-refractivity contribution >= 4 is 15.9 Å². The Bertz CT molecular complexity index is 331. The molecule has 1 atom stereocenters. The standard InChI is InChI=1S/C12H17BrFNO/c1-9(16)3-2-6-15-8-10-7-11(13)4-5-12(10)14/h4-5,7,9,15-16H,2-3,6,8H2,1H3. The second-order valence-corrected chi connectivity index (χ2v) is 4.82. The molecule has 0 heterocycles. The number of nitrogens with one attached hydrogen (secondary N) is 1. The molecule has 0 bridgehead atoms. The molecule has 0 fully saturated rings. The summed E-state index contributed by atoms with van der Waals surface area (Å²) >= 11 is 3.31. The molecule has 1 rings (SSSR count). The first-order valence-electron chi connectivity index (χ1n) is 5.42. The van der Waals surface area contributed by atoms with Gasteiger partial charge >= 0.3 is 0 Å². The van der Waals surface area contributed by atoms with E-state index in [0.29, 0.717) is 12.1 Å². The molecule has 0 saturated heterocycles. The van der Waals surface area contributed by atoms with E-state index in [4.69, 9.17) is 5.11 Å². The van der Waals surface area contributed by atoms with E-state index in [1.54, 1.807) is 19.1 Å². The average molecular weight is 290 g/mol. The second-order valence-electron chi connectivity index (χ2n) is 3.90. The van der Waals surface area contributed by atoms with E-state index in [1.165, 1.54) is 6.07 Å². The largest absolute Gasteiger partial charge is 0.393 e. The highest BCUT2D eigenvalue weighted by molar-refractivity contribution is 9.10. The molecule has 16 heavy (non-hydrogen) atoms. The Labute approximate surface area is 104 Å². The van der Waals surface area contributed by atoms with E-state index in [-0.39, 0.29) is 11.9 Å².